The summed E-state index contributed by atoms with van der Waals surface area (Å²) in [6, 6.07) is 11.6. The van der Waals surface area contributed by atoms with Gasteiger partial charge in [0.25, 0.3) is 5.91 Å². The third-order valence-corrected chi connectivity index (χ3v) is 8.80. The summed E-state index contributed by atoms with van der Waals surface area (Å²) in [6.07, 6.45) is 3.21. The number of carbonyl (C=O) groups excluding carboxylic acids is 2. The molecule has 0 aliphatic carbocycles. The summed E-state index contributed by atoms with van der Waals surface area (Å²) >= 11 is 1.93. The Bertz CT molecular complexity index is 988. The fourth-order valence-corrected chi connectivity index (χ4v) is 6.70. The zero-order chi connectivity index (χ0) is 23.6. The number of quaternary nitrogens is 1. The normalized spacial score (nSPS) is 28.7. The number of benzene rings is 1. The largest absolute Gasteiger partial charge is 0.454 e. The maximum atomic E-state index is 13.9. The molecular formula is C25H33N4O4S+. The maximum absolute atomic E-state index is 13.9. The molecule has 4 aliphatic rings. The fraction of sp³-hybridized carbons (Fsp3) is 0.560. The first kappa shape index (κ1) is 23.4. The van der Waals surface area contributed by atoms with Crippen LogP contribution in [0.25, 0.3) is 0 Å². The third-order valence-electron chi connectivity index (χ3n) is 7.86. The van der Waals surface area contributed by atoms with E-state index >= 15 is 0 Å². The van der Waals surface area contributed by atoms with Crippen LogP contribution in [0.5, 0.6) is 0 Å². The van der Waals surface area contributed by atoms with E-state index < -0.39 is 5.54 Å². The molecule has 0 saturated carbocycles. The lowest BCUT2D eigenvalue weighted by Crippen LogP contribution is -2.67. The SMILES string of the molecule is CC(C(=O)OC1C[N+]2(CC(=O)Nc3ccon3)CCC1CC2)(c1ccccc1)N1CCSCC1. The number of piperidine rings is 3. The summed E-state index contributed by atoms with van der Waals surface area (Å²) in [7, 11) is 0. The van der Waals surface area contributed by atoms with Crippen LogP contribution in [0.4, 0.5) is 5.82 Å². The Morgan fingerprint density at radius 2 is 1.94 bits per heavy atom. The molecule has 9 heteroatoms. The predicted octanol–water partition coefficient (Wildman–Crippen LogP) is 2.73. The van der Waals surface area contributed by atoms with Gasteiger partial charge in [0.15, 0.2) is 18.5 Å². The van der Waals surface area contributed by atoms with E-state index in [1.807, 2.05) is 49.0 Å². The molecule has 182 valence electrons. The number of nitrogens with one attached hydrogen (secondary N) is 1. The molecule has 8 nitrogen and oxygen atoms in total. The van der Waals surface area contributed by atoms with Crippen molar-refractivity contribution in [1.82, 2.24) is 10.1 Å². The topological polar surface area (TPSA) is 84.7 Å². The summed E-state index contributed by atoms with van der Waals surface area (Å²) in [6.45, 7) is 6.64. The summed E-state index contributed by atoms with van der Waals surface area (Å²) < 4.78 is 11.8. The second kappa shape index (κ2) is 9.71. The van der Waals surface area contributed by atoms with Crippen molar-refractivity contribution >= 4 is 29.5 Å². The molecule has 1 aromatic carbocycles. The lowest BCUT2D eigenvalue weighted by Gasteiger charge is -2.52. The average molecular weight is 486 g/mol. The Balaban J connectivity index is 1.31. The van der Waals surface area contributed by atoms with Crippen molar-refractivity contribution in [3.05, 3.63) is 48.2 Å². The number of thioether (sulfide) groups is 1. The number of hydrogen-bond donors (Lipinski definition) is 1. The van der Waals surface area contributed by atoms with Crippen LogP contribution in [0.3, 0.4) is 0 Å². The quantitative estimate of drug-likeness (QED) is 0.477. The number of nitrogens with zero attached hydrogens (tertiary/aromatic N) is 3. The van der Waals surface area contributed by atoms with Gasteiger partial charge < -0.3 is 19.1 Å². The first-order chi connectivity index (χ1) is 16.5. The Morgan fingerprint density at radius 1 is 1.21 bits per heavy atom. The molecular weight excluding hydrogens is 452 g/mol. The fourth-order valence-electron chi connectivity index (χ4n) is 5.80. The van der Waals surface area contributed by atoms with Gasteiger partial charge >= 0.3 is 5.97 Å². The van der Waals surface area contributed by atoms with Crippen LogP contribution >= 0.6 is 11.8 Å². The molecule has 2 aromatic rings. The van der Waals surface area contributed by atoms with Crippen LogP contribution in [0.15, 0.2) is 47.2 Å². The summed E-state index contributed by atoms with van der Waals surface area (Å²) in [5, 5.41) is 6.59. The second-order valence-corrected chi connectivity index (χ2v) is 11.1. The van der Waals surface area contributed by atoms with Crippen LogP contribution in [-0.4, -0.2) is 83.3 Å². The van der Waals surface area contributed by atoms with Crippen molar-refractivity contribution in [2.24, 2.45) is 5.92 Å². The number of ether oxygens (including phenoxy) is 1. The van der Waals surface area contributed by atoms with Crippen molar-refractivity contribution in [2.75, 3.05) is 56.1 Å². The van der Waals surface area contributed by atoms with Gasteiger partial charge in [-0.25, -0.2) is 4.79 Å². The lowest BCUT2D eigenvalue weighted by atomic mass is 9.82. The van der Waals surface area contributed by atoms with Crippen LogP contribution in [0, 0.1) is 5.92 Å². The molecule has 1 aromatic heterocycles. The van der Waals surface area contributed by atoms with E-state index in [1.54, 1.807) is 6.07 Å². The molecule has 5 heterocycles. The van der Waals surface area contributed by atoms with Crippen molar-refractivity contribution in [1.29, 1.82) is 0 Å². The van der Waals surface area contributed by atoms with E-state index in [0.29, 0.717) is 29.3 Å². The minimum atomic E-state index is -0.816. The first-order valence-electron chi connectivity index (χ1n) is 12.1. The standard InChI is InChI=1S/C25H32N4O4S/c1-25(20-5-3-2-4-6-20,28-10-15-34-16-11-28)24(31)33-21-17-29(12-7-19(21)8-13-29)18-23(30)26-22-9-14-32-27-22/h2-6,9,14,19,21H,7-8,10-13,15-18H2,1H3/p+1. The second-order valence-electron chi connectivity index (χ2n) is 9.88. The summed E-state index contributed by atoms with van der Waals surface area (Å²) in [5.41, 5.74) is 0.160. The van der Waals surface area contributed by atoms with Gasteiger partial charge in [-0.2, -0.15) is 11.8 Å². The Labute approximate surface area is 204 Å². The maximum Gasteiger partial charge on any atom is 0.331 e. The van der Waals surface area contributed by atoms with Crippen LogP contribution in [-0.2, 0) is 19.9 Å². The molecule has 34 heavy (non-hydrogen) atoms. The highest BCUT2D eigenvalue weighted by atomic mass is 32.2. The van der Waals surface area contributed by atoms with Gasteiger partial charge in [-0.05, 0) is 12.5 Å². The Kier molecular flexibility index (Phi) is 6.68. The molecule has 2 bridgehead atoms. The van der Waals surface area contributed by atoms with Gasteiger partial charge in [-0.3, -0.25) is 9.69 Å². The van der Waals surface area contributed by atoms with Crippen LogP contribution in [0.1, 0.15) is 25.3 Å². The number of hydrogen-bond acceptors (Lipinski definition) is 7. The highest BCUT2D eigenvalue weighted by Crippen LogP contribution is 2.38. The van der Waals surface area contributed by atoms with Crippen molar-refractivity contribution < 1.29 is 23.3 Å². The van der Waals surface area contributed by atoms with E-state index in [2.05, 4.69) is 15.4 Å². The van der Waals surface area contributed by atoms with E-state index in [-0.39, 0.29) is 18.0 Å². The molecule has 0 radical (unpaired) electrons. The van der Waals surface area contributed by atoms with E-state index in [4.69, 9.17) is 9.26 Å². The number of anilines is 1. The number of esters is 1. The third kappa shape index (κ3) is 4.61. The molecule has 1 amide bonds. The Hall–Kier alpha value is -2.36. The number of fused-ring (bicyclic) bond motifs is 3. The van der Waals surface area contributed by atoms with E-state index in [0.717, 1.165) is 56.1 Å². The van der Waals surface area contributed by atoms with Crippen LogP contribution in [0.2, 0.25) is 0 Å². The lowest BCUT2D eigenvalue weighted by molar-refractivity contribution is -0.939. The van der Waals surface area contributed by atoms with Gasteiger partial charge in [0.05, 0.1) is 13.1 Å². The predicted molar refractivity (Wildman–Crippen MR) is 130 cm³/mol. The minimum Gasteiger partial charge on any atom is -0.454 e. The van der Waals surface area contributed by atoms with E-state index in [9.17, 15) is 9.59 Å². The van der Waals surface area contributed by atoms with E-state index in [1.165, 1.54) is 6.26 Å². The molecule has 2 unspecified atom stereocenters. The summed E-state index contributed by atoms with van der Waals surface area (Å²) in [5.74, 6) is 2.56. The van der Waals surface area contributed by atoms with Crippen molar-refractivity contribution in [3.8, 4) is 0 Å². The Morgan fingerprint density at radius 3 is 2.62 bits per heavy atom. The molecule has 2 atom stereocenters. The number of carbonyl (C=O) groups is 2. The first-order valence-corrected chi connectivity index (χ1v) is 13.3. The van der Waals surface area contributed by atoms with Gasteiger partial charge in [0.2, 0.25) is 0 Å². The molecule has 4 saturated heterocycles. The van der Waals surface area contributed by atoms with Crippen molar-refractivity contribution in [2.45, 2.75) is 31.4 Å². The molecule has 1 N–H and O–H groups in total. The zero-order valence-corrected chi connectivity index (χ0v) is 20.5. The van der Waals surface area contributed by atoms with Gasteiger partial charge in [-0.1, -0.05) is 35.5 Å². The summed E-state index contributed by atoms with van der Waals surface area (Å²) in [4.78, 5) is 28.9. The van der Waals surface area contributed by atoms with Crippen LogP contribution < -0.4 is 5.32 Å². The highest BCUT2D eigenvalue weighted by Gasteiger charge is 2.51. The van der Waals surface area contributed by atoms with Gasteiger partial charge in [-0.15, -0.1) is 0 Å². The zero-order valence-electron chi connectivity index (χ0n) is 19.7. The monoisotopic (exact) mass is 485 g/mol. The number of rotatable bonds is 7. The number of aromatic nitrogens is 1. The number of amides is 1. The highest BCUT2D eigenvalue weighted by molar-refractivity contribution is 7.99. The molecule has 4 aliphatic heterocycles. The molecule has 4 fully saturated rings. The van der Waals surface area contributed by atoms with Crippen molar-refractivity contribution in [3.63, 3.8) is 0 Å². The average Bonchev–Trinajstić information content (AvgIpc) is 3.37. The van der Waals surface area contributed by atoms with Gasteiger partial charge in [0, 0.05) is 49.4 Å². The minimum absolute atomic E-state index is 0.0840. The van der Waals surface area contributed by atoms with Gasteiger partial charge in [0.1, 0.15) is 18.3 Å². The smallest absolute Gasteiger partial charge is 0.331 e. The molecule has 0 spiro atoms. The molecule has 6 rings (SSSR count).